The molecule has 5 heteroatoms. The quantitative estimate of drug-likeness (QED) is 0.843. The molecule has 4 nitrogen and oxygen atoms in total. The highest BCUT2D eigenvalue weighted by molar-refractivity contribution is 9.10. The second-order valence-corrected chi connectivity index (χ2v) is 4.98. The molecule has 0 atom stereocenters. The fraction of sp³-hybridized carbons (Fsp3) is 0.231. The molecule has 18 heavy (non-hydrogen) atoms. The normalized spacial score (nSPS) is 14.7. The maximum Gasteiger partial charge on any atom is 0.336 e. The van der Waals surface area contributed by atoms with Crippen LogP contribution in [0.25, 0.3) is 0 Å². The van der Waals surface area contributed by atoms with Gasteiger partial charge in [-0.25, -0.2) is 4.79 Å². The van der Waals surface area contributed by atoms with Crippen molar-refractivity contribution in [3.05, 3.63) is 40.4 Å². The summed E-state index contributed by atoms with van der Waals surface area (Å²) in [5.41, 5.74) is 0.643. The molecule has 2 N–H and O–H groups in total. The Morgan fingerprint density at radius 3 is 2.56 bits per heavy atom. The van der Waals surface area contributed by atoms with Crippen LogP contribution in [0.4, 0.5) is 5.69 Å². The topological polar surface area (TPSA) is 66.4 Å². The van der Waals surface area contributed by atoms with Crippen LogP contribution >= 0.6 is 15.9 Å². The fourth-order valence-corrected chi connectivity index (χ4v) is 2.26. The van der Waals surface area contributed by atoms with Gasteiger partial charge in [-0.2, -0.15) is 0 Å². The fourth-order valence-electron chi connectivity index (χ4n) is 1.84. The number of nitrogens with one attached hydrogen (secondary N) is 1. The van der Waals surface area contributed by atoms with Gasteiger partial charge in [0.1, 0.15) is 0 Å². The van der Waals surface area contributed by atoms with Crippen LogP contribution < -0.4 is 5.32 Å². The first-order chi connectivity index (χ1) is 8.58. The number of hydrogen-bond donors (Lipinski definition) is 2. The Labute approximate surface area is 113 Å². The van der Waals surface area contributed by atoms with Gasteiger partial charge < -0.3 is 10.4 Å². The summed E-state index contributed by atoms with van der Waals surface area (Å²) >= 11 is 3.16. The predicted octanol–water partition coefficient (Wildman–Crippen LogP) is 3.05. The molecule has 0 spiro atoms. The van der Waals surface area contributed by atoms with Gasteiger partial charge in [0.25, 0.3) is 0 Å². The van der Waals surface area contributed by atoms with Gasteiger partial charge in [-0.15, -0.1) is 0 Å². The van der Waals surface area contributed by atoms with Gasteiger partial charge in [-0.1, -0.05) is 12.2 Å². The lowest BCUT2D eigenvalue weighted by Gasteiger charge is -2.11. The third kappa shape index (κ3) is 2.79. The summed E-state index contributed by atoms with van der Waals surface area (Å²) in [7, 11) is 0. The van der Waals surface area contributed by atoms with Gasteiger partial charge in [-0.05, 0) is 47.0 Å². The number of hydrogen-bond acceptors (Lipinski definition) is 2. The van der Waals surface area contributed by atoms with E-state index in [1.807, 2.05) is 12.2 Å². The first-order valence-corrected chi connectivity index (χ1v) is 6.36. The van der Waals surface area contributed by atoms with E-state index in [2.05, 4.69) is 21.2 Å². The second-order valence-electron chi connectivity index (χ2n) is 4.13. The van der Waals surface area contributed by atoms with E-state index in [9.17, 15) is 9.59 Å². The number of amides is 1. The van der Waals surface area contributed by atoms with Gasteiger partial charge in [0, 0.05) is 16.1 Å². The SMILES string of the molecule is O=C(O)c1cc(NC(=O)C2CC=CC2)ccc1Br. The van der Waals surface area contributed by atoms with Crippen LogP contribution in [-0.4, -0.2) is 17.0 Å². The van der Waals surface area contributed by atoms with Crippen LogP contribution in [-0.2, 0) is 4.79 Å². The number of rotatable bonds is 3. The molecule has 1 amide bonds. The molecule has 0 saturated carbocycles. The monoisotopic (exact) mass is 309 g/mol. The number of allylic oxidation sites excluding steroid dienone is 2. The first kappa shape index (κ1) is 12.8. The van der Waals surface area contributed by atoms with Crippen molar-refractivity contribution in [3.8, 4) is 0 Å². The zero-order chi connectivity index (χ0) is 13.1. The van der Waals surface area contributed by atoms with E-state index in [0.717, 1.165) is 12.8 Å². The largest absolute Gasteiger partial charge is 0.478 e. The maximum absolute atomic E-state index is 11.9. The van der Waals surface area contributed by atoms with Gasteiger partial charge in [0.15, 0.2) is 0 Å². The molecule has 1 aromatic rings. The maximum atomic E-state index is 11.9. The van der Waals surface area contributed by atoms with Gasteiger partial charge in [0.2, 0.25) is 5.91 Å². The van der Waals surface area contributed by atoms with Crippen LogP contribution in [0.1, 0.15) is 23.2 Å². The molecule has 0 bridgehead atoms. The zero-order valence-electron chi connectivity index (χ0n) is 9.52. The second kappa shape index (κ2) is 5.35. The van der Waals surface area contributed by atoms with Crippen molar-refractivity contribution in [2.45, 2.75) is 12.8 Å². The summed E-state index contributed by atoms with van der Waals surface area (Å²) in [5, 5.41) is 11.7. The lowest BCUT2D eigenvalue weighted by atomic mass is 10.1. The number of carbonyl (C=O) groups excluding carboxylic acids is 1. The molecule has 2 rings (SSSR count). The Kier molecular flexibility index (Phi) is 3.81. The summed E-state index contributed by atoms with van der Waals surface area (Å²) in [6.45, 7) is 0. The number of carboxylic acid groups (broad SMARTS) is 1. The highest BCUT2D eigenvalue weighted by Crippen LogP contribution is 2.23. The highest BCUT2D eigenvalue weighted by atomic mass is 79.9. The molecule has 1 aliphatic rings. The molecule has 1 aromatic carbocycles. The summed E-state index contributed by atoms with van der Waals surface area (Å²) < 4.78 is 0.496. The first-order valence-electron chi connectivity index (χ1n) is 5.56. The van der Waals surface area contributed by atoms with Crippen molar-refractivity contribution >= 4 is 33.5 Å². The van der Waals surface area contributed by atoms with Crippen LogP contribution in [0, 0.1) is 5.92 Å². The van der Waals surface area contributed by atoms with Crippen molar-refractivity contribution in [1.82, 2.24) is 0 Å². The molecule has 94 valence electrons. The molecule has 0 heterocycles. The number of benzene rings is 1. The molecule has 0 aromatic heterocycles. The molecule has 0 radical (unpaired) electrons. The van der Waals surface area contributed by atoms with Gasteiger partial charge >= 0.3 is 5.97 Å². The molecule has 1 aliphatic carbocycles. The van der Waals surface area contributed by atoms with Crippen molar-refractivity contribution in [2.24, 2.45) is 5.92 Å². The lowest BCUT2D eigenvalue weighted by molar-refractivity contribution is -0.119. The third-order valence-corrected chi connectivity index (χ3v) is 3.53. The average molecular weight is 310 g/mol. The summed E-state index contributed by atoms with van der Waals surface area (Å²) in [6, 6.07) is 4.75. The van der Waals surface area contributed by atoms with Crippen molar-refractivity contribution in [3.63, 3.8) is 0 Å². The van der Waals surface area contributed by atoms with Crippen LogP contribution in [0.3, 0.4) is 0 Å². The average Bonchev–Trinajstić information content (AvgIpc) is 2.85. The molecule has 0 fully saturated rings. The highest BCUT2D eigenvalue weighted by Gasteiger charge is 2.19. The molecule has 0 unspecified atom stereocenters. The van der Waals surface area contributed by atoms with Crippen LogP contribution in [0.2, 0.25) is 0 Å². The van der Waals surface area contributed by atoms with Crippen molar-refractivity contribution < 1.29 is 14.7 Å². The number of carboxylic acids is 1. The van der Waals surface area contributed by atoms with Gasteiger partial charge in [0.05, 0.1) is 5.56 Å². The smallest absolute Gasteiger partial charge is 0.336 e. The lowest BCUT2D eigenvalue weighted by Crippen LogP contribution is -2.20. The predicted molar refractivity (Wildman–Crippen MR) is 71.6 cm³/mol. The Morgan fingerprint density at radius 1 is 1.28 bits per heavy atom. The van der Waals surface area contributed by atoms with E-state index < -0.39 is 5.97 Å². The van der Waals surface area contributed by atoms with E-state index >= 15 is 0 Å². The number of carbonyl (C=O) groups is 2. The van der Waals surface area contributed by atoms with E-state index in [0.29, 0.717) is 10.2 Å². The van der Waals surface area contributed by atoms with E-state index in [1.54, 1.807) is 12.1 Å². The van der Waals surface area contributed by atoms with E-state index in [1.165, 1.54) is 6.07 Å². The Morgan fingerprint density at radius 2 is 1.94 bits per heavy atom. The van der Waals surface area contributed by atoms with E-state index in [4.69, 9.17) is 5.11 Å². The van der Waals surface area contributed by atoms with Gasteiger partial charge in [-0.3, -0.25) is 4.79 Å². The number of halogens is 1. The minimum atomic E-state index is -1.03. The van der Waals surface area contributed by atoms with Crippen molar-refractivity contribution in [2.75, 3.05) is 5.32 Å². The van der Waals surface area contributed by atoms with E-state index in [-0.39, 0.29) is 17.4 Å². The molecular weight excluding hydrogens is 298 g/mol. The Hall–Kier alpha value is -1.62. The van der Waals surface area contributed by atoms with Crippen molar-refractivity contribution in [1.29, 1.82) is 0 Å². The van der Waals surface area contributed by atoms with Crippen LogP contribution in [0.5, 0.6) is 0 Å². The zero-order valence-corrected chi connectivity index (χ0v) is 11.1. The minimum Gasteiger partial charge on any atom is -0.478 e. The number of aromatic carboxylic acids is 1. The minimum absolute atomic E-state index is 0.0399. The summed E-state index contributed by atoms with van der Waals surface area (Å²) in [5.74, 6) is -1.14. The Bertz CT molecular complexity index is 517. The summed E-state index contributed by atoms with van der Waals surface area (Å²) in [6.07, 6.45) is 5.45. The number of anilines is 1. The molecule has 0 saturated heterocycles. The molecular formula is C13H12BrNO3. The molecule has 0 aliphatic heterocycles. The summed E-state index contributed by atoms with van der Waals surface area (Å²) in [4.78, 5) is 22.8. The standard InChI is InChI=1S/C13H12BrNO3/c14-11-6-5-9(7-10(11)13(17)18)15-12(16)8-3-1-2-4-8/h1-2,5-8H,3-4H2,(H,15,16)(H,17,18). The Balaban J connectivity index is 2.12. The third-order valence-electron chi connectivity index (χ3n) is 2.84. The van der Waals surface area contributed by atoms with Crippen LogP contribution in [0.15, 0.2) is 34.8 Å².